The summed E-state index contributed by atoms with van der Waals surface area (Å²) >= 11 is 0. The average molecular weight is 210 g/mol. The minimum absolute atomic E-state index is 0.0681. The van der Waals surface area contributed by atoms with Crippen molar-refractivity contribution in [3.8, 4) is 0 Å². The zero-order valence-corrected chi connectivity index (χ0v) is 8.96. The van der Waals surface area contributed by atoms with Crippen LogP contribution in [0.5, 0.6) is 0 Å². The summed E-state index contributed by atoms with van der Waals surface area (Å²) in [5.74, 6) is -0.646. The molecule has 0 saturated carbocycles. The first-order chi connectivity index (χ1) is 6.95. The zero-order valence-electron chi connectivity index (χ0n) is 8.96. The van der Waals surface area contributed by atoms with Crippen LogP contribution in [-0.4, -0.2) is 16.5 Å². The summed E-state index contributed by atoms with van der Waals surface area (Å²) in [5.41, 5.74) is -0.722. The van der Waals surface area contributed by atoms with Crippen molar-refractivity contribution in [1.82, 2.24) is 0 Å². The van der Waals surface area contributed by atoms with E-state index in [1.807, 2.05) is 0 Å². The van der Waals surface area contributed by atoms with E-state index in [1.54, 1.807) is 19.1 Å². The maximum Gasteiger partial charge on any atom is 0.168 e. The molecule has 1 aromatic rings. The van der Waals surface area contributed by atoms with Crippen molar-refractivity contribution in [3.05, 3.63) is 35.6 Å². The standard InChI is InChI=1S/C12H15FO2/c1-3-12(2,15)11(14)8-9-5-4-6-10(13)7-9/h4-7,15H,3,8H2,1-2H3. The number of rotatable bonds is 4. The van der Waals surface area contributed by atoms with Gasteiger partial charge in [0, 0.05) is 6.42 Å². The van der Waals surface area contributed by atoms with E-state index in [1.165, 1.54) is 19.1 Å². The van der Waals surface area contributed by atoms with Crippen molar-refractivity contribution in [2.24, 2.45) is 0 Å². The zero-order chi connectivity index (χ0) is 11.5. The van der Waals surface area contributed by atoms with Crippen LogP contribution in [-0.2, 0) is 11.2 Å². The van der Waals surface area contributed by atoms with Crippen molar-refractivity contribution in [3.63, 3.8) is 0 Å². The first kappa shape index (κ1) is 11.9. The van der Waals surface area contributed by atoms with Crippen LogP contribution in [0.3, 0.4) is 0 Å². The monoisotopic (exact) mass is 210 g/mol. The van der Waals surface area contributed by atoms with Gasteiger partial charge in [0.2, 0.25) is 0 Å². The molecule has 0 aliphatic carbocycles. The quantitative estimate of drug-likeness (QED) is 0.826. The number of hydrogen-bond donors (Lipinski definition) is 1. The Morgan fingerprint density at radius 1 is 1.53 bits per heavy atom. The first-order valence-electron chi connectivity index (χ1n) is 4.96. The van der Waals surface area contributed by atoms with Crippen molar-refractivity contribution < 1.29 is 14.3 Å². The third-order valence-electron chi connectivity index (χ3n) is 2.54. The highest BCUT2D eigenvalue weighted by Crippen LogP contribution is 2.14. The van der Waals surface area contributed by atoms with Gasteiger partial charge in [0.05, 0.1) is 0 Å². The lowest BCUT2D eigenvalue weighted by molar-refractivity contribution is -0.135. The normalized spacial score (nSPS) is 14.7. The molecule has 1 N–H and O–H groups in total. The number of benzene rings is 1. The van der Waals surface area contributed by atoms with Gasteiger partial charge in [0.15, 0.2) is 5.78 Å². The fraction of sp³-hybridized carbons (Fsp3) is 0.417. The summed E-state index contributed by atoms with van der Waals surface area (Å²) in [5, 5.41) is 9.68. The minimum Gasteiger partial charge on any atom is -0.382 e. The van der Waals surface area contributed by atoms with E-state index < -0.39 is 5.60 Å². The topological polar surface area (TPSA) is 37.3 Å². The molecule has 0 heterocycles. The second kappa shape index (κ2) is 4.53. The Bertz CT molecular complexity index is 358. The molecule has 0 radical (unpaired) electrons. The Morgan fingerprint density at radius 3 is 2.73 bits per heavy atom. The summed E-state index contributed by atoms with van der Waals surface area (Å²) in [6, 6.07) is 5.86. The van der Waals surface area contributed by atoms with Crippen LogP contribution in [0.15, 0.2) is 24.3 Å². The number of Topliss-reactive ketones (excluding diaryl/α,β-unsaturated/α-hetero) is 1. The Kier molecular flexibility index (Phi) is 3.58. The molecule has 1 unspecified atom stereocenters. The SMILES string of the molecule is CCC(C)(O)C(=O)Cc1cccc(F)c1. The second-order valence-electron chi connectivity index (χ2n) is 3.86. The van der Waals surface area contributed by atoms with Gasteiger partial charge in [-0.1, -0.05) is 19.1 Å². The van der Waals surface area contributed by atoms with E-state index in [2.05, 4.69) is 0 Å². The average Bonchev–Trinajstić information content (AvgIpc) is 2.17. The third kappa shape index (κ3) is 3.13. The molecule has 15 heavy (non-hydrogen) atoms. The maximum absolute atomic E-state index is 12.8. The van der Waals surface area contributed by atoms with E-state index in [9.17, 15) is 14.3 Å². The molecule has 2 nitrogen and oxygen atoms in total. The fourth-order valence-corrected chi connectivity index (χ4v) is 1.22. The van der Waals surface area contributed by atoms with Gasteiger partial charge in [0.25, 0.3) is 0 Å². The van der Waals surface area contributed by atoms with Crippen LogP contribution >= 0.6 is 0 Å². The number of carbonyl (C=O) groups excluding carboxylic acids is 1. The van der Waals surface area contributed by atoms with Gasteiger partial charge < -0.3 is 5.11 Å². The number of hydrogen-bond acceptors (Lipinski definition) is 2. The molecule has 0 bridgehead atoms. The van der Waals surface area contributed by atoms with Gasteiger partial charge in [0.1, 0.15) is 11.4 Å². The van der Waals surface area contributed by atoms with Crippen molar-refractivity contribution in [2.75, 3.05) is 0 Å². The highest BCUT2D eigenvalue weighted by molar-refractivity contribution is 5.88. The number of carbonyl (C=O) groups is 1. The van der Waals surface area contributed by atoms with Crippen molar-refractivity contribution in [2.45, 2.75) is 32.3 Å². The fourth-order valence-electron chi connectivity index (χ4n) is 1.22. The van der Waals surface area contributed by atoms with Crippen molar-refractivity contribution in [1.29, 1.82) is 0 Å². The lowest BCUT2D eigenvalue weighted by Gasteiger charge is -2.19. The first-order valence-corrected chi connectivity index (χ1v) is 4.96. The lowest BCUT2D eigenvalue weighted by atomic mass is 9.93. The molecule has 1 aromatic carbocycles. The predicted molar refractivity (Wildman–Crippen MR) is 56.0 cm³/mol. The van der Waals surface area contributed by atoms with E-state index in [4.69, 9.17) is 0 Å². The van der Waals surface area contributed by atoms with Crippen LogP contribution in [0.1, 0.15) is 25.8 Å². The molecule has 0 amide bonds. The van der Waals surface area contributed by atoms with Gasteiger partial charge >= 0.3 is 0 Å². The third-order valence-corrected chi connectivity index (χ3v) is 2.54. The highest BCUT2D eigenvalue weighted by atomic mass is 19.1. The molecule has 1 atom stereocenters. The van der Waals surface area contributed by atoms with E-state index >= 15 is 0 Å². The van der Waals surface area contributed by atoms with Crippen LogP contribution in [0.2, 0.25) is 0 Å². The lowest BCUT2D eigenvalue weighted by Crippen LogP contribution is -2.35. The van der Waals surface area contributed by atoms with Gasteiger partial charge in [-0.2, -0.15) is 0 Å². The van der Waals surface area contributed by atoms with E-state index in [0.29, 0.717) is 12.0 Å². The summed E-state index contributed by atoms with van der Waals surface area (Å²) in [6.07, 6.45) is 0.430. The Morgan fingerprint density at radius 2 is 2.20 bits per heavy atom. The molecule has 0 spiro atoms. The van der Waals surface area contributed by atoms with Gasteiger partial charge in [-0.05, 0) is 31.0 Å². The summed E-state index contributed by atoms with van der Waals surface area (Å²) in [6.45, 7) is 3.22. The summed E-state index contributed by atoms with van der Waals surface area (Å²) in [4.78, 5) is 11.6. The highest BCUT2D eigenvalue weighted by Gasteiger charge is 2.27. The summed E-state index contributed by atoms with van der Waals surface area (Å²) < 4.78 is 12.8. The Labute approximate surface area is 88.7 Å². The maximum atomic E-state index is 12.8. The second-order valence-corrected chi connectivity index (χ2v) is 3.86. The molecule has 0 aliphatic rings. The Hall–Kier alpha value is -1.22. The molecular weight excluding hydrogens is 195 g/mol. The minimum atomic E-state index is -1.31. The summed E-state index contributed by atoms with van der Waals surface area (Å²) in [7, 11) is 0. The van der Waals surface area contributed by atoms with E-state index in [-0.39, 0.29) is 18.0 Å². The number of ketones is 1. The molecule has 1 rings (SSSR count). The van der Waals surface area contributed by atoms with Gasteiger partial charge in [-0.25, -0.2) is 4.39 Å². The smallest absolute Gasteiger partial charge is 0.168 e. The Balaban J connectivity index is 2.75. The van der Waals surface area contributed by atoms with Gasteiger partial charge in [-0.15, -0.1) is 0 Å². The van der Waals surface area contributed by atoms with Crippen LogP contribution in [0.4, 0.5) is 4.39 Å². The molecule has 3 heteroatoms. The van der Waals surface area contributed by atoms with Crippen molar-refractivity contribution >= 4 is 5.78 Å². The van der Waals surface area contributed by atoms with E-state index in [0.717, 1.165) is 0 Å². The molecule has 0 aromatic heterocycles. The van der Waals surface area contributed by atoms with Crippen LogP contribution < -0.4 is 0 Å². The molecule has 0 aliphatic heterocycles. The molecule has 0 saturated heterocycles. The van der Waals surface area contributed by atoms with Gasteiger partial charge in [-0.3, -0.25) is 4.79 Å². The molecule has 0 fully saturated rings. The number of aliphatic hydroxyl groups is 1. The molecular formula is C12H15FO2. The molecule has 82 valence electrons. The van der Waals surface area contributed by atoms with Crippen LogP contribution in [0, 0.1) is 5.82 Å². The predicted octanol–water partition coefficient (Wildman–Crippen LogP) is 2.10. The number of halogens is 1. The largest absolute Gasteiger partial charge is 0.382 e. The van der Waals surface area contributed by atoms with Crippen LogP contribution in [0.25, 0.3) is 0 Å².